The SMILES string of the molecule is CNC(=O)c1cc(N2CC3CNCC3C2C)ccn1. The Balaban J connectivity index is 1.85. The second kappa shape index (κ2) is 4.81. The number of fused-ring (bicyclic) bond motifs is 1. The molecule has 0 aliphatic carbocycles. The summed E-state index contributed by atoms with van der Waals surface area (Å²) < 4.78 is 0. The van der Waals surface area contributed by atoms with E-state index in [9.17, 15) is 4.79 Å². The zero-order chi connectivity index (χ0) is 13.4. The molecule has 3 rings (SSSR count). The van der Waals surface area contributed by atoms with Gasteiger partial charge in [0.2, 0.25) is 0 Å². The van der Waals surface area contributed by atoms with Crippen molar-refractivity contribution in [1.82, 2.24) is 15.6 Å². The van der Waals surface area contributed by atoms with E-state index in [-0.39, 0.29) is 5.91 Å². The molecule has 1 aromatic rings. The van der Waals surface area contributed by atoms with Crippen molar-refractivity contribution in [2.45, 2.75) is 13.0 Å². The van der Waals surface area contributed by atoms with Gasteiger partial charge in [-0.15, -0.1) is 0 Å². The lowest BCUT2D eigenvalue weighted by Gasteiger charge is -2.26. The Morgan fingerprint density at radius 1 is 1.53 bits per heavy atom. The van der Waals surface area contributed by atoms with Crippen molar-refractivity contribution in [2.24, 2.45) is 11.8 Å². The van der Waals surface area contributed by atoms with Crippen molar-refractivity contribution in [3.05, 3.63) is 24.0 Å². The summed E-state index contributed by atoms with van der Waals surface area (Å²) in [6.45, 7) is 5.56. The lowest BCUT2D eigenvalue weighted by atomic mass is 9.95. The van der Waals surface area contributed by atoms with Gasteiger partial charge in [0.05, 0.1) is 0 Å². The number of carbonyl (C=O) groups is 1. The van der Waals surface area contributed by atoms with Crippen molar-refractivity contribution < 1.29 is 4.79 Å². The van der Waals surface area contributed by atoms with Crippen LogP contribution in [0.2, 0.25) is 0 Å². The number of rotatable bonds is 2. The maximum absolute atomic E-state index is 11.7. The van der Waals surface area contributed by atoms with E-state index in [1.165, 1.54) is 0 Å². The Labute approximate surface area is 113 Å². The molecule has 5 nitrogen and oxygen atoms in total. The van der Waals surface area contributed by atoms with Crippen molar-refractivity contribution >= 4 is 11.6 Å². The molecule has 3 atom stereocenters. The summed E-state index contributed by atoms with van der Waals surface area (Å²) in [5.74, 6) is 1.32. The van der Waals surface area contributed by atoms with Crippen LogP contribution in [0.25, 0.3) is 0 Å². The van der Waals surface area contributed by atoms with Gasteiger partial charge in [-0.3, -0.25) is 9.78 Å². The molecule has 0 saturated carbocycles. The van der Waals surface area contributed by atoms with Gasteiger partial charge in [0.1, 0.15) is 5.69 Å². The second-order valence-corrected chi connectivity index (χ2v) is 5.45. The minimum Gasteiger partial charge on any atom is -0.368 e. The van der Waals surface area contributed by atoms with E-state index in [1.54, 1.807) is 13.2 Å². The first kappa shape index (κ1) is 12.4. The van der Waals surface area contributed by atoms with Gasteiger partial charge in [-0.2, -0.15) is 0 Å². The lowest BCUT2D eigenvalue weighted by Crippen LogP contribution is -2.33. The number of hydrogen-bond acceptors (Lipinski definition) is 4. The summed E-state index contributed by atoms with van der Waals surface area (Å²) in [6.07, 6.45) is 1.72. The Morgan fingerprint density at radius 3 is 3.11 bits per heavy atom. The molecule has 3 heterocycles. The normalized spacial score (nSPS) is 29.4. The number of pyridine rings is 1. The van der Waals surface area contributed by atoms with E-state index in [2.05, 4.69) is 27.4 Å². The standard InChI is InChI=1S/C14H20N4O/c1-9-12-7-16-6-10(12)8-18(9)11-3-4-17-13(5-11)14(19)15-2/h3-5,9-10,12,16H,6-8H2,1-2H3,(H,15,19). The van der Waals surface area contributed by atoms with Crippen LogP contribution in [0, 0.1) is 11.8 Å². The summed E-state index contributed by atoms with van der Waals surface area (Å²) in [4.78, 5) is 18.2. The van der Waals surface area contributed by atoms with Gasteiger partial charge in [0, 0.05) is 44.6 Å². The third-order valence-electron chi connectivity index (χ3n) is 4.47. The zero-order valence-corrected chi connectivity index (χ0v) is 11.4. The van der Waals surface area contributed by atoms with E-state index in [1.807, 2.05) is 12.1 Å². The molecule has 2 N–H and O–H groups in total. The molecular formula is C14H20N4O. The van der Waals surface area contributed by atoms with E-state index in [4.69, 9.17) is 0 Å². The van der Waals surface area contributed by atoms with Crippen LogP contribution < -0.4 is 15.5 Å². The maximum atomic E-state index is 11.7. The summed E-state index contributed by atoms with van der Waals surface area (Å²) >= 11 is 0. The zero-order valence-electron chi connectivity index (χ0n) is 11.4. The fraction of sp³-hybridized carbons (Fsp3) is 0.571. The fourth-order valence-electron chi connectivity index (χ4n) is 3.36. The van der Waals surface area contributed by atoms with Crippen molar-refractivity contribution in [2.75, 3.05) is 31.6 Å². The van der Waals surface area contributed by atoms with Gasteiger partial charge in [-0.1, -0.05) is 0 Å². The van der Waals surface area contributed by atoms with Crippen molar-refractivity contribution in [1.29, 1.82) is 0 Å². The molecule has 2 aliphatic rings. The molecule has 1 aromatic heterocycles. The van der Waals surface area contributed by atoms with E-state index >= 15 is 0 Å². The molecule has 3 unspecified atom stereocenters. The molecule has 0 radical (unpaired) electrons. The molecule has 0 aromatic carbocycles. The Kier molecular flexibility index (Phi) is 3.14. The average Bonchev–Trinajstić information content (AvgIpc) is 3.01. The van der Waals surface area contributed by atoms with Crippen LogP contribution >= 0.6 is 0 Å². The van der Waals surface area contributed by atoms with Crippen LogP contribution in [0.5, 0.6) is 0 Å². The maximum Gasteiger partial charge on any atom is 0.269 e. The number of nitrogens with zero attached hydrogens (tertiary/aromatic N) is 2. The minimum absolute atomic E-state index is 0.129. The first-order chi connectivity index (χ1) is 9.20. The van der Waals surface area contributed by atoms with Crippen LogP contribution in [0.4, 0.5) is 5.69 Å². The Hall–Kier alpha value is -1.62. The van der Waals surface area contributed by atoms with Gasteiger partial charge in [0.25, 0.3) is 5.91 Å². The van der Waals surface area contributed by atoms with Gasteiger partial charge < -0.3 is 15.5 Å². The van der Waals surface area contributed by atoms with Crippen molar-refractivity contribution in [3.8, 4) is 0 Å². The Bertz CT molecular complexity index is 490. The predicted octanol–water partition coefficient (Wildman–Crippen LogP) is 0.485. The molecule has 2 fully saturated rings. The highest BCUT2D eigenvalue weighted by Crippen LogP contribution is 2.35. The lowest BCUT2D eigenvalue weighted by molar-refractivity contribution is 0.0958. The van der Waals surface area contributed by atoms with Crippen molar-refractivity contribution in [3.63, 3.8) is 0 Å². The molecule has 0 bridgehead atoms. The predicted molar refractivity (Wildman–Crippen MR) is 74.3 cm³/mol. The molecule has 2 saturated heterocycles. The van der Waals surface area contributed by atoms with Gasteiger partial charge >= 0.3 is 0 Å². The third-order valence-corrected chi connectivity index (χ3v) is 4.47. The number of aromatic nitrogens is 1. The highest BCUT2D eigenvalue weighted by atomic mass is 16.1. The van der Waals surface area contributed by atoms with E-state index in [0.717, 1.165) is 37.2 Å². The number of nitrogens with one attached hydrogen (secondary N) is 2. The smallest absolute Gasteiger partial charge is 0.269 e. The first-order valence-corrected chi connectivity index (χ1v) is 6.86. The molecule has 1 amide bonds. The summed E-state index contributed by atoms with van der Waals surface area (Å²) in [7, 11) is 1.63. The summed E-state index contributed by atoms with van der Waals surface area (Å²) in [5.41, 5.74) is 1.60. The second-order valence-electron chi connectivity index (χ2n) is 5.45. The van der Waals surface area contributed by atoms with Crippen LogP contribution in [0.1, 0.15) is 17.4 Å². The number of amides is 1. The Morgan fingerprint density at radius 2 is 2.37 bits per heavy atom. The van der Waals surface area contributed by atoms with Crippen LogP contribution in [0.3, 0.4) is 0 Å². The third kappa shape index (κ3) is 2.08. The van der Waals surface area contributed by atoms with Crippen LogP contribution in [-0.4, -0.2) is 43.6 Å². The quantitative estimate of drug-likeness (QED) is 0.812. The van der Waals surface area contributed by atoms with E-state index < -0.39 is 0 Å². The minimum atomic E-state index is -0.129. The molecule has 19 heavy (non-hydrogen) atoms. The molecule has 5 heteroatoms. The molecular weight excluding hydrogens is 240 g/mol. The number of anilines is 1. The molecule has 2 aliphatic heterocycles. The largest absolute Gasteiger partial charge is 0.368 e. The average molecular weight is 260 g/mol. The van der Waals surface area contributed by atoms with E-state index in [0.29, 0.717) is 11.7 Å². The summed E-state index contributed by atoms with van der Waals surface area (Å²) in [6, 6.07) is 4.40. The highest BCUT2D eigenvalue weighted by molar-refractivity contribution is 5.92. The van der Waals surface area contributed by atoms with Gasteiger partial charge in [-0.05, 0) is 30.9 Å². The van der Waals surface area contributed by atoms with Gasteiger partial charge in [0.15, 0.2) is 0 Å². The molecule has 102 valence electrons. The van der Waals surface area contributed by atoms with Gasteiger partial charge in [-0.25, -0.2) is 0 Å². The number of carbonyl (C=O) groups excluding carboxylic acids is 1. The highest BCUT2D eigenvalue weighted by Gasteiger charge is 2.41. The first-order valence-electron chi connectivity index (χ1n) is 6.86. The van der Waals surface area contributed by atoms with Crippen LogP contribution in [-0.2, 0) is 0 Å². The summed E-state index contributed by atoms with van der Waals surface area (Å²) in [5, 5.41) is 6.08. The number of hydrogen-bond donors (Lipinski definition) is 2. The topological polar surface area (TPSA) is 57.3 Å². The fourth-order valence-corrected chi connectivity index (χ4v) is 3.36. The van der Waals surface area contributed by atoms with Crippen LogP contribution in [0.15, 0.2) is 18.3 Å². The monoisotopic (exact) mass is 260 g/mol. The molecule has 0 spiro atoms.